The summed E-state index contributed by atoms with van der Waals surface area (Å²) in [6.07, 6.45) is 7.70. The Morgan fingerprint density at radius 1 is 1.33 bits per heavy atom. The first-order valence-electron chi connectivity index (χ1n) is 5.06. The smallest absolute Gasteiger partial charge is 0.0512 e. The molecular weight excluding hydrogens is 148 g/mol. The number of allylic oxidation sites excluding steroid dienone is 2. The molecule has 0 saturated heterocycles. The SMILES string of the molecule is CCC(=CCCCC(C)O)CC. The van der Waals surface area contributed by atoms with Crippen LogP contribution in [-0.4, -0.2) is 11.2 Å². The Kier molecular flexibility index (Phi) is 7.17. The van der Waals surface area contributed by atoms with Crippen molar-refractivity contribution in [3.8, 4) is 0 Å². The van der Waals surface area contributed by atoms with Gasteiger partial charge in [0.15, 0.2) is 0 Å². The summed E-state index contributed by atoms with van der Waals surface area (Å²) < 4.78 is 0. The van der Waals surface area contributed by atoms with Crippen LogP contribution in [0.15, 0.2) is 11.6 Å². The summed E-state index contributed by atoms with van der Waals surface area (Å²) in [6.45, 7) is 6.25. The van der Waals surface area contributed by atoms with Gasteiger partial charge in [0.25, 0.3) is 0 Å². The molecule has 0 heterocycles. The van der Waals surface area contributed by atoms with Gasteiger partial charge in [0, 0.05) is 0 Å². The lowest BCUT2D eigenvalue weighted by Gasteiger charge is -2.02. The van der Waals surface area contributed by atoms with Crippen LogP contribution < -0.4 is 0 Å². The van der Waals surface area contributed by atoms with Gasteiger partial charge in [-0.1, -0.05) is 25.5 Å². The molecule has 1 N–H and O–H groups in total. The van der Waals surface area contributed by atoms with Crippen LogP contribution in [-0.2, 0) is 0 Å². The van der Waals surface area contributed by atoms with E-state index < -0.39 is 0 Å². The highest BCUT2D eigenvalue weighted by molar-refractivity contribution is 4.99. The van der Waals surface area contributed by atoms with Gasteiger partial charge in [0.1, 0.15) is 0 Å². The predicted octanol–water partition coefficient (Wildman–Crippen LogP) is 3.28. The number of unbranched alkanes of at least 4 members (excludes halogenated alkanes) is 1. The highest BCUT2D eigenvalue weighted by Crippen LogP contribution is 2.09. The zero-order chi connectivity index (χ0) is 9.40. The lowest BCUT2D eigenvalue weighted by Crippen LogP contribution is -1.97. The Balaban J connectivity index is 3.44. The average Bonchev–Trinajstić information content (AvgIpc) is 2.04. The zero-order valence-electron chi connectivity index (χ0n) is 8.64. The molecule has 0 amide bonds. The monoisotopic (exact) mass is 170 g/mol. The molecular formula is C11H22O. The van der Waals surface area contributed by atoms with Crippen molar-refractivity contribution in [2.45, 2.75) is 59.0 Å². The van der Waals surface area contributed by atoms with Gasteiger partial charge in [-0.2, -0.15) is 0 Å². The lowest BCUT2D eigenvalue weighted by molar-refractivity contribution is 0.182. The summed E-state index contributed by atoms with van der Waals surface area (Å²) >= 11 is 0. The third-order valence-electron chi connectivity index (χ3n) is 2.17. The maximum Gasteiger partial charge on any atom is 0.0512 e. The van der Waals surface area contributed by atoms with Crippen LogP contribution in [0.1, 0.15) is 52.9 Å². The standard InChI is InChI=1S/C11H22O/c1-4-11(5-2)9-7-6-8-10(3)12/h9-10,12H,4-8H2,1-3H3. The van der Waals surface area contributed by atoms with E-state index in [4.69, 9.17) is 5.11 Å². The molecule has 0 aliphatic rings. The van der Waals surface area contributed by atoms with Crippen molar-refractivity contribution in [1.29, 1.82) is 0 Å². The van der Waals surface area contributed by atoms with Gasteiger partial charge in [0.2, 0.25) is 0 Å². The summed E-state index contributed by atoms with van der Waals surface area (Å²) in [7, 11) is 0. The molecule has 1 nitrogen and oxygen atoms in total. The third-order valence-corrected chi connectivity index (χ3v) is 2.17. The fourth-order valence-electron chi connectivity index (χ4n) is 1.26. The summed E-state index contributed by atoms with van der Waals surface area (Å²) in [5.74, 6) is 0. The summed E-state index contributed by atoms with van der Waals surface area (Å²) in [4.78, 5) is 0. The fraction of sp³-hybridized carbons (Fsp3) is 0.818. The van der Waals surface area contributed by atoms with Crippen molar-refractivity contribution in [1.82, 2.24) is 0 Å². The Morgan fingerprint density at radius 2 is 1.92 bits per heavy atom. The molecule has 0 saturated carbocycles. The Morgan fingerprint density at radius 3 is 2.33 bits per heavy atom. The Labute approximate surface area is 76.5 Å². The third kappa shape index (κ3) is 6.41. The molecule has 1 unspecified atom stereocenters. The van der Waals surface area contributed by atoms with E-state index in [0.717, 1.165) is 19.3 Å². The van der Waals surface area contributed by atoms with Crippen LogP contribution in [0.2, 0.25) is 0 Å². The van der Waals surface area contributed by atoms with E-state index in [9.17, 15) is 0 Å². The second-order valence-corrected chi connectivity index (χ2v) is 3.35. The number of rotatable bonds is 6. The van der Waals surface area contributed by atoms with E-state index in [1.807, 2.05) is 6.92 Å². The van der Waals surface area contributed by atoms with Crippen LogP contribution >= 0.6 is 0 Å². The molecule has 0 aliphatic heterocycles. The van der Waals surface area contributed by atoms with Gasteiger partial charge in [-0.25, -0.2) is 0 Å². The summed E-state index contributed by atoms with van der Waals surface area (Å²) in [5, 5.41) is 9.01. The number of aliphatic hydroxyl groups excluding tert-OH is 1. The van der Waals surface area contributed by atoms with Gasteiger partial charge in [-0.05, 0) is 39.0 Å². The van der Waals surface area contributed by atoms with Gasteiger partial charge >= 0.3 is 0 Å². The first kappa shape index (κ1) is 11.7. The van der Waals surface area contributed by atoms with Crippen LogP contribution in [0.5, 0.6) is 0 Å². The first-order valence-corrected chi connectivity index (χ1v) is 5.06. The molecule has 0 radical (unpaired) electrons. The molecule has 0 aromatic carbocycles. The minimum absolute atomic E-state index is 0.134. The molecule has 1 heteroatoms. The van der Waals surface area contributed by atoms with Gasteiger partial charge < -0.3 is 5.11 Å². The van der Waals surface area contributed by atoms with Crippen molar-refractivity contribution in [3.05, 3.63) is 11.6 Å². The minimum atomic E-state index is -0.134. The molecule has 0 fully saturated rings. The molecule has 12 heavy (non-hydrogen) atoms. The van der Waals surface area contributed by atoms with E-state index in [-0.39, 0.29) is 6.10 Å². The Hall–Kier alpha value is -0.300. The van der Waals surface area contributed by atoms with Gasteiger partial charge in [-0.15, -0.1) is 0 Å². The van der Waals surface area contributed by atoms with E-state index in [0.29, 0.717) is 0 Å². The fourth-order valence-corrected chi connectivity index (χ4v) is 1.26. The van der Waals surface area contributed by atoms with Crippen LogP contribution in [0, 0.1) is 0 Å². The second-order valence-electron chi connectivity index (χ2n) is 3.35. The number of aliphatic hydroxyl groups is 1. The maximum absolute atomic E-state index is 9.01. The highest BCUT2D eigenvalue weighted by atomic mass is 16.3. The van der Waals surface area contributed by atoms with E-state index in [1.54, 1.807) is 5.57 Å². The predicted molar refractivity (Wildman–Crippen MR) is 54.2 cm³/mol. The van der Waals surface area contributed by atoms with Crippen molar-refractivity contribution in [3.63, 3.8) is 0 Å². The normalized spacial score (nSPS) is 12.7. The largest absolute Gasteiger partial charge is 0.393 e. The van der Waals surface area contributed by atoms with Crippen LogP contribution in [0.4, 0.5) is 0 Å². The first-order chi connectivity index (χ1) is 5.70. The Bertz CT molecular complexity index is 119. The molecule has 0 spiro atoms. The number of hydrogen-bond acceptors (Lipinski definition) is 1. The van der Waals surface area contributed by atoms with Gasteiger partial charge in [0.05, 0.1) is 6.10 Å². The molecule has 0 aromatic heterocycles. The van der Waals surface area contributed by atoms with Crippen LogP contribution in [0.3, 0.4) is 0 Å². The molecule has 0 aliphatic carbocycles. The molecule has 0 aromatic rings. The molecule has 1 atom stereocenters. The summed E-state index contributed by atoms with van der Waals surface area (Å²) in [5.41, 5.74) is 1.54. The van der Waals surface area contributed by atoms with E-state index in [1.165, 1.54) is 12.8 Å². The maximum atomic E-state index is 9.01. The van der Waals surface area contributed by atoms with Crippen molar-refractivity contribution in [2.75, 3.05) is 0 Å². The lowest BCUT2D eigenvalue weighted by atomic mass is 10.1. The molecule has 72 valence electrons. The summed E-state index contributed by atoms with van der Waals surface area (Å²) in [6, 6.07) is 0. The number of hydrogen-bond donors (Lipinski definition) is 1. The van der Waals surface area contributed by atoms with E-state index >= 15 is 0 Å². The molecule has 0 bridgehead atoms. The van der Waals surface area contributed by atoms with E-state index in [2.05, 4.69) is 19.9 Å². The topological polar surface area (TPSA) is 20.2 Å². The van der Waals surface area contributed by atoms with Gasteiger partial charge in [-0.3, -0.25) is 0 Å². The quantitative estimate of drug-likeness (QED) is 0.479. The van der Waals surface area contributed by atoms with Crippen LogP contribution in [0.25, 0.3) is 0 Å². The highest BCUT2D eigenvalue weighted by Gasteiger charge is 1.94. The minimum Gasteiger partial charge on any atom is -0.393 e. The van der Waals surface area contributed by atoms with Crippen molar-refractivity contribution >= 4 is 0 Å². The van der Waals surface area contributed by atoms with Crippen molar-refractivity contribution < 1.29 is 5.11 Å². The molecule has 0 rings (SSSR count). The van der Waals surface area contributed by atoms with Crippen molar-refractivity contribution in [2.24, 2.45) is 0 Å². The second kappa shape index (κ2) is 7.35. The average molecular weight is 170 g/mol. The zero-order valence-corrected chi connectivity index (χ0v) is 8.64.